The Balaban J connectivity index is 2.28. The van der Waals surface area contributed by atoms with Gasteiger partial charge >= 0.3 is 0 Å². The van der Waals surface area contributed by atoms with Crippen molar-refractivity contribution in [1.29, 1.82) is 0 Å². The second-order valence-electron chi connectivity index (χ2n) is 4.87. The number of hydrogen-bond acceptors (Lipinski definition) is 1. The van der Waals surface area contributed by atoms with Crippen molar-refractivity contribution in [3.05, 3.63) is 27.7 Å². The molecule has 1 unspecified atom stereocenters. The van der Waals surface area contributed by atoms with Crippen molar-refractivity contribution in [1.82, 2.24) is 0 Å². The molecule has 102 valence electrons. The molecule has 1 atom stereocenters. The minimum atomic E-state index is 0.477. The Kier molecular flexibility index (Phi) is 7.76. The first kappa shape index (κ1) is 15.8. The van der Waals surface area contributed by atoms with E-state index < -0.39 is 0 Å². The normalized spacial score (nSPS) is 12.4. The lowest BCUT2D eigenvalue weighted by atomic mass is 10.1. The highest BCUT2D eigenvalue weighted by Crippen LogP contribution is 2.26. The summed E-state index contributed by atoms with van der Waals surface area (Å²) in [6.45, 7) is 4.47. The van der Waals surface area contributed by atoms with E-state index in [1.807, 2.05) is 18.2 Å². The summed E-state index contributed by atoms with van der Waals surface area (Å²) in [4.78, 5) is 0. The Morgan fingerprint density at radius 2 is 1.94 bits per heavy atom. The first-order valence-electron chi connectivity index (χ1n) is 6.85. The summed E-state index contributed by atoms with van der Waals surface area (Å²) in [7, 11) is 0. The van der Waals surface area contributed by atoms with Gasteiger partial charge in [0.2, 0.25) is 0 Å². The van der Waals surface area contributed by atoms with Crippen molar-refractivity contribution in [2.75, 3.05) is 5.32 Å². The summed E-state index contributed by atoms with van der Waals surface area (Å²) < 4.78 is 1.02. The SMILES string of the molecule is CCCCCCCC(C)Nc1ccc(Br)cc1Cl. The third kappa shape index (κ3) is 6.10. The van der Waals surface area contributed by atoms with Gasteiger partial charge < -0.3 is 5.32 Å². The highest BCUT2D eigenvalue weighted by Gasteiger charge is 2.05. The van der Waals surface area contributed by atoms with E-state index in [-0.39, 0.29) is 0 Å². The van der Waals surface area contributed by atoms with Crippen molar-refractivity contribution in [2.24, 2.45) is 0 Å². The van der Waals surface area contributed by atoms with Crippen molar-refractivity contribution >= 4 is 33.2 Å². The number of halogens is 2. The van der Waals surface area contributed by atoms with Crippen LogP contribution in [0.4, 0.5) is 5.69 Å². The van der Waals surface area contributed by atoms with Gasteiger partial charge in [0, 0.05) is 10.5 Å². The van der Waals surface area contributed by atoms with Crippen LogP contribution in [0.1, 0.15) is 52.4 Å². The molecule has 1 rings (SSSR count). The van der Waals surface area contributed by atoms with E-state index in [0.717, 1.165) is 15.2 Å². The lowest BCUT2D eigenvalue weighted by Crippen LogP contribution is -2.15. The van der Waals surface area contributed by atoms with Crippen LogP contribution in [0.25, 0.3) is 0 Å². The summed E-state index contributed by atoms with van der Waals surface area (Å²) in [6.07, 6.45) is 7.87. The molecular weight excluding hydrogens is 310 g/mol. The monoisotopic (exact) mass is 331 g/mol. The lowest BCUT2D eigenvalue weighted by molar-refractivity contribution is 0.578. The topological polar surface area (TPSA) is 12.0 Å². The number of unbranched alkanes of at least 4 members (excludes halogenated alkanes) is 4. The van der Waals surface area contributed by atoms with Crippen molar-refractivity contribution < 1.29 is 0 Å². The van der Waals surface area contributed by atoms with Crippen LogP contribution in [0.3, 0.4) is 0 Å². The Hall–Kier alpha value is -0.210. The summed E-state index contributed by atoms with van der Waals surface area (Å²) in [5.41, 5.74) is 1.03. The summed E-state index contributed by atoms with van der Waals surface area (Å²) in [5.74, 6) is 0. The quantitative estimate of drug-likeness (QED) is 0.554. The molecule has 0 spiro atoms. The molecule has 1 aromatic rings. The smallest absolute Gasteiger partial charge is 0.0648 e. The fourth-order valence-corrected chi connectivity index (χ4v) is 2.73. The second-order valence-corrected chi connectivity index (χ2v) is 6.20. The number of hydrogen-bond donors (Lipinski definition) is 1. The van der Waals surface area contributed by atoms with Crippen LogP contribution in [-0.4, -0.2) is 6.04 Å². The molecule has 1 nitrogen and oxygen atoms in total. The van der Waals surface area contributed by atoms with Gasteiger partial charge in [-0.3, -0.25) is 0 Å². The predicted molar refractivity (Wildman–Crippen MR) is 85.6 cm³/mol. The van der Waals surface area contributed by atoms with Gasteiger partial charge in [0.05, 0.1) is 10.7 Å². The predicted octanol–water partition coefficient (Wildman–Crippen LogP) is 6.26. The van der Waals surface area contributed by atoms with E-state index in [0.29, 0.717) is 6.04 Å². The van der Waals surface area contributed by atoms with E-state index in [2.05, 4.69) is 35.1 Å². The molecule has 0 amide bonds. The Morgan fingerprint density at radius 3 is 2.61 bits per heavy atom. The Labute approximate surface area is 124 Å². The molecule has 0 aliphatic rings. The third-order valence-corrected chi connectivity index (χ3v) is 3.88. The first-order chi connectivity index (χ1) is 8.63. The minimum absolute atomic E-state index is 0.477. The van der Waals surface area contributed by atoms with E-state index in [4.69, 9.17) is 11.6 Å². The third-order valence-electron chi connectivity index (χ3n) is 3.07. The van der Waals surface area contributed by atoms with Gasteiger partial charge in [0.15, 0.2) is 0 Å². The molecule has 1 N–H and O–H groups in total. The van der Waals surface area contributed by atoms with Crippen molar-refractivity contribution in [3.8, 4) is 0 Å². The summed E-state index contributed by atoms with van der Waals surface area (Å²) in [5, 5.41) is 4.26. The number of nitrogens with one attached hydrogen (secondary N) is 1. The molecule has 0 aromatic heterocycles. The van der Waals surface area contributed by atoms with Crippen LogP contribution < -0.4 is 5.32 Å². The van der Waals surface area contributed by atoms with Crippen LogP contribution in [0.2, 0.25) is 5.02 Å². The highest BCUT2D eigenvalue weighted by atomic mass is 79.9. The Morgan fingerprint density at radius 1 is 1.22 bits per heavy atom. The van der Waals surface area contributed by atoms with Gasteiger partial charge in [-0.05, 0) is 31.5 Å². The lowest BCUT2D eigenvalue weighted by Gasteiger charge is -2.16. The zero-order valence-corrected chi connectivity index (χ0v) is 13.6. The molecule has 0 saturated heterocycles. The number of rotatable bonds is 8. The van der Waals surface area contributed by atoms with Crippen molar-refractivity contribution in [2.45, 2.75) is 58.4 Å². The standard InChI is InChI=1S/C15H23BrClN/c1-3-4-5-6-7-8-12(2)18-15-10-9-13(16)11-14(15)17/h9-12,18H,3-8H2,1-2H3. The second kappa shape index (κ2) is 8.82. The molecule has 0 bridgehead atoms. The van der Waals surface area contributed by atoms with Gasteiger partial charge in [0.25, 0.3) is 0 Å². The summed E-state index contributed by atoms with van der Waals surface area (Å²) in [6, 6.07) is 6.45. The molecule has 0 heterocycles. The fraction of sp³-hybridized carbons (Fsp3) is 0.600. The number of anilines is 1. The molecule has 0 aliphatic carbocycles. The van der Waals surface area contributed by atoms with Gasteiger partial charge in [0.1, 0.15) is 0 Å². The van der Waals surface area contributed by atoms with E-state index >= 15 is 0 Å². The van der Waals surface area contributed by atoms with E-state index in [1.165, 1.54) is 38.5 Å². The van der Waals surface area contributed by atoms with E-state index in [1.54, 1.807) is 0 Å². The minimum Gasteiger partial charge on any atom is -0.381 e. The molecule has 3 heteroatoms. The molecule has 0 radical (unpaired) electrons. The van der Waals surface area contributed by atoms with Crippen LogP contribution in [-0.2, 0) is 0 Å². The molecule has 0 fully saturated rings. The molecule has 0 aliphatic heterocycles. The van der Waals surface area contributed by atoms with Crippen LogP contribution in [0, 0.1) is 0 Å². The molecular formula is C15H23BrClN. The summed E-state index contributed by atoms with van der Waals surface area (Å²) >= 11 is 9.60. The zero-order chi connectivity index (χ0) is 13.4. The van der Waals surface area contributed by atoms with Crippen LogP contribution in [0.5, 0.6) is 0 Å². The zero-order valence-electron chi connectivity index (χ0n) is 11.3. The van der Waals surface area contributed by atoms with Gasteiger partial charge in [-0.2, -0.15) is 0 Å². The van der Waals surface area contributed by atoms with Crippen LogP contribution in [0.15, 0.2) is 22.7 Å². The fourth-order valence-electron chi connectivity index (χ4n) is 2.00. The molecule has 1 aromatic carbocycles. The van der Waals surface area contributed by atoms with Crippen LogP contribution >= 0.6 is 27.5 Å². The average Bonchev–Trinajstić information content (AvgIpc) is 2.32. The average molecular weight is 333 g/mol. The maximum absolute atomic E-state index is 6.18. The first-order valence-corrected chi connectivity index (χ1v) is 8.02. The Bertz CT molecular complexity index is 354. The highest BCUT2D eigenvalue weighted by molar-refractivity contribution is 9.10. The maximum atomic E-state index is 6.18. The number of benzene rings is 1. The van der Waals surface area contributed by atoms with Gasteiger partial charge in [-0.15, -0.1) is 0 Å². The van der Waals surface area contributed by atoms with E-state index in [9.17, 15) is 0 Å². The molecule has 0 saturated carbocycles. The van der Waals surface area contributed by atoms with Gasteiger partial charge in [-0.1, -0.05) is 66.6 Å². The maximum Gasteiger partial charge on any atom is 0.0648 e. The van der Waals surface area contributed by atoms with Crippen molar-refractivity contribution in [3.63, 3.8) is 0 Å². The van der Waals surface area contributed by atoms with Gasteiger partial charge in [-0.25, -0.2) is 0 Å². The largest absolute Gasteiger partial charge is 0.381 e. The molecule has 18 heavy (non-hydrogen) atoms.